The second-order valence-corrected chi connectivity index (χ2v) is 8.65. The number of imidazole rings is 1. The molecule has 5 nitrogen and oxygen atoms in total. The number of benzene rings is 2. The first kappa shape index (κ1) is 24.6. The normalized spacial score (nSPS) is 11.4. The SMILES string of the molecule is C/C=C/C(=O)NCCCCCc1nc2ccccc2n1CCCCOc1cc(C)cc(C)c1. The number of aromatic nitrogens is 2. The number of carbonyl (C=O) groups is 1. The molecule has 0 saturated carbocycles. The summed E-state index contributed by atoms with van der Waals surface area (Å²) in [5, 5.41) is 2.91. The summed E-state index contributed by atoms with van der Waals surface area (Å²) in [5.74, 6) is 2.10. The van der Waals surface area contributed by atoms with E-state index in [-0.39, 0.29) is 5.91 Å². The Morgan fingerprint density at radius 3 is 2.61 bits per heavy atom. The van der Waals surface area contributed by atoms with Crippen molar-refractivity contribution in [3.8, 4) is 5.75 Å². The number of aryl methyl sites for hydroxylation is 4. The van der Waals surface area contributed by atoms with Gasteiger partial charge in [-0.2, -0.15) is 0 Å². The fourth-order valence-electron chi connectivity index (χ4n) is 4.15. The van der Waals surface area contributed by atoms with Crippen LogP contribution in [0.2, 0.25) is 0 Å². The van der Waals surface area contributed by atoms with Gasteiger partial charge in [-0.1, -0.05) is 30.7 Å². The molecular weight excluding hydrogens is 410 g/mol. The van der Waals surface area contributed by atoms with E-state index in [1.807, 2.05) is 6.92 Å². The summed E-state index contributed by atoms with van der Waals surface area (Å²) in [5.41, 5.74) is 4.75. The zero-order valence-electron chi connectivity index (χ0n) is 20.3. The van der Waals surface area contributed by atoms with Crippen LogP contribution >= 0.6 is 0 Å². The van der Waals surface area contributed by atoms with Crippen LogP contribution in [-0.2, 0) is 17.8 Å². The van der Waals surface area contributed by atoms with E-state index in [0.717, 1.165) is 75.3 Å². The van der Waals surface area contributed by atoms with Gasteiger partial charge in [0.2, 0.25) is 5.91 Å². The maximum atomic E-state index is 11.5. The minimum atomic E-state index is -0.0131. The minimum absolute atomic E-state index is 0.0131. The number of para-hydroxylation sites is 2. The molecule has 0 radical (unpaired) electrons. The van der Waals surface area contributed by atoms with Crippen molar-refractivity contribution < 1.29 is 9.53 Å². The van der Waals surface area contributed by atoms with Crippen molar-refractivity contribution in [2.45, 2.75) is 65.8 Å². The summed E-state index contributed by atoms with van der Waals surface area (Å²) in [6.45, 7) is 8.45. The average molecular weight is 448 g/mol. The predicted molar refractivity (Wildman–Crippen MR) is 136 cm³/mol. The number of hydrogen-bond donors (Lipinski definition) is 1. The van der Waals surface area contributed by atoms with Crippen molar-refractivity contribution in [2.75, 3.05) is 13.2 Å². The standard InChI is InChI=1S/C28H37N3O2/c1-4-12-28(32)29-16-9-5-6-15-27-30-25-13-7-8-14-26(25)31(27)17-10-11-18-33-24-20-22(2)19-23(3)21-24/h4,7-8,12-14,19-21H,5-6,9-11,15-18H2,1-3H3,(H,29,32)/b12-4+. The maximum absolute atomic E-state index is 11.5. The van der Waals surface area contributed by atoms with Crippen molar-refractivity contribution in [2.24, 2.45) is 0 Å². The molecule has 1 heterocycles. The molecule has 176 valence electrons. The summed E-state index contributed by atoms with van der Waals surface area (Å²) in [6, 6.07) is 14.7. The third-order valence-corrected chi connectivity index (χ3v) is 5.67. The fraction of sp³-hybridized carbons (Fsp3) is 0.429. The molecule has 0 aliphatic rings. The van der Waals surface area contributed by atoms with Gasteiger partial charge in [-0.15, -0.1) is 0 Å². The van der Waals surface area contributed by atoms with Crippen molar-refractivity contribution in [3.63, 3.8) is 0 Å². The summed E-state index contributed by atoms with van der Waals surface area (Å²) in [6.07, 6.45) is 9.46. The number of allylic oxidation sites excluding steroid dienone is 1. The molecule has 0 unspecified atom stereocenters. The van der Waals surface area contributed by atoms with E-state index in [2.05, 4.69) is 66.2 Å². The first-order chi connectivity index (χ1) is 16.1. The molecule has 1 aromatic heterocycles. The minimum Gasteiger partial charge on any atom is -0.494 e. The van der Waals surface area contributed by atoms with E-state index < -0.39 is 0 Å². The molecule has 1 N–H and O–H groups in total. The lowest BCUT2D eigenvalue weighted by Crippen LogP contribution is -2.21. The van der Waals surface area contributed by atoms with Crippen molar-refractivity contribution in [1.29, 1.82) is 0 Å². The first-order valence-electron chi connectivity index (χ1n) is 12.1. The van der Waals surface area contributed by atoms with Crippen LogP contribution in [0.5, 0.6) is 5.75 Å². The first-order valence-corrected chi connectivity index (χ1v) is 12.1. The molecule has 0 atom stereocenters. The number of nitrogens with one attached hydrogen (secondary N) is 1. The van der Waals surface area contributed by atoms with Gasteiger partial charge >= 0.3 is 0 Å². The van der Waals surface area contributed by atoms with E-state index in [4.69, 9.17) is 9.72 Å². The zero-order chi connectivity index (χ0) is 23.5. The van der Waals surface area contributed by atoms with Gasteiger partial charge in [0.1, 0.15) is 11.6 Å². The Bertz CT molecular complexity index is 1050. The molecule has 0 aliphatic heterocycles. The monoisotopic (exact) mass is 447 g/mol. The smallest absolute Gasteiger partial charge is 0.243 e. The largest absolute Gasteiger partial charge is 0.494 e. The Labute approximate surface area is 197 Å². The van der Waals surface area contributed by atoms with Crippen molar-refractivity contribution in [1.82, 2.24) is 14.9 Å². The molecule has 0 fully saturated rings. The highest BCUT2D eigenvalue weighted by Gasteiger charge is 2.10. The second-order valence-electron chi connectivity index (χ2n) is 8.65. The summed E-state index contributed by atoms with van der Waals surface area (Å²) in [7, 11) is 0. The fourth-order valence-corrected chi connectivity index (χ4v) is 4.15. The number of hydrogen-bond acceptors (Lipinski definition) is 3. The van der Waals surface area contributed by atoms with E-state index >= 15 is 0 Å². The zero-order valence-corrected chi connectivity index (χ0v) is 20.3. The van der Waals surface area contributed by atoms with Gasteiger partial charge in [-0.05, 0) is 87.9 Å². The molecule has 5 heteroatoms. The van der Waals surface area contributed by atoms with Gasteiger partial charge in [0.25, 0.3) is 0 Å². The lowest BCUT2D eigenvalue weighted by molar-refractivity contribution is -0.116. The molecular formula is C28H37N3O2. The Balaban J connectivity index is 1.47. The number of rotatable bonds is 13. The third kappa shape index (κ3) is 7.77. The van der Waals surface area contributed by atoms with E-state index in [1.54, 1.807) is 12.2 Å². The molecule has 1 amide bonds. The number of ether oxygens (including phenoxy) is 1. The van der Waals surface area contributed by atoms with Crippen LogP contribution < -0.4 is 10.1 Å². The number of carbonyl (C=O) groups excluding carboxylic acids is 1. The van der Waals surface area contributed by atoms with Crippen molar-refractivity contribution >= 4 is 16.9 Å². The molecule has 3 aromatic rings. The van der Waals surface area contributed by atoms with E-state index in [9.17, 15) is 4.79 Å². The van der Waals surface area contributed by atoms with Gasteiger partial charge in [-0.3, -0.25) is 4.79 Å². The Morgan fingerprint density at radius 2 is 1.82 bits per heavy atom. The highest BCUT2D eigenvalue weighted by atomic mass is 16.5. The third-order valence-electron chi connectivity index (χ3n) is 5.67. The van der Waals surface area contributed by atoms with Crippen molar-refractivity contribution in [3.05, 3.63) is 71.6 Å². The highest BCUT2D eigenvalue weighted by molar-refractivity contribution is 5.87. The second kappa shape index (κ2) is 12.8. The van der Waals surface area contributed by atoms with Crippen LogP contribution in [0.4, 0.5) is 0 Å². The summed E-state index contributed by atoms with van der Waals surface area (Å²) < 4.78 is 8.36. The Kier molecular flexibility index (Phi) is 9.55. The Morgan fingerprint density at radius 1 is 1.03 bits per heavy atom. The van der Waals surface area contributed by atoms with Crippen LogP contribution in [0.15, 0.2) is 54.6 Å². The number of fused-ring (bicyclic) bond motifs is 1. The van der Waals surface area contributed by atoms with Crippen LogP contribution in [0.25, 0.3) is 11.0 Å². The molecule has 3 rings (SSSR count). The molecule has 0 aliphatic carbocycles. The molecule has 0 saturated heterocycles. The lowest BCUT2D eigenvalue weighted by Gasteiger charge is -2.11. The predicted octanol–water partition coefficient (Wildman–Crippen LogP) is 5.92. The topological polar surface area (TPSA) is 56.2 Å². The summed E-state index contributed by atoms with van der Waals surface area (Å²) in [4.78, 5) is 16.4. The van der Waals surface area contributed by atoms with Crippen LogP contribution in [0.3, 0.4) is 0 Å². The van der Waals surface area contributed by atoms with Crippen LogP contribution in [0, 0.1) is 13.8 Å². The molecule has 2 aromatic carbocycles. The molecule has 0 bridgehead atoms. The van der Waals surface area contributed by atoms with E-state index in [1.165, 1.54) is 16.6 Å². The quantitative estimate of drug-likeness (QED) is 0.261. The lowest BCUT2D eigenvalue weighted by atomic mass is 10.1. The summed E-state index contributed by atoms with van der Waals surface area (Å²) >= 11 is 0. The molecule has 33 heavy (non-hydrogen) atoms. The number of amides is 1. The highest BCUT2D eigenvalue weighted by Crippen LogP contribution is 2.20. The Hall–Kier alpha value is -3.08. The van der Waals surface area contributed by atoms with E-state index in [0.29, 0.717) is 0 Å². The van der Waals surface area contributed by atoms with Gasteiger partial charge in [0.05, 0.1) is 17.6 Å². The average Bonchev–Trinajstić information content (AvgIpc) is 3.13. The van der Waals surface area contributed by atoms with Gasteiger partial charge < -0.3 is 14.6 Å². The number of unbranched alkanes of at least 4 members (excludes halogenated alkanes) is 3. The van der Waals surface area contributed by atoms with Gasteiger partial charge in [0.15, 0.2) is 0 Å². The van der Waals surface area contributed by atoms with Crippen LogP contribution in [0.1, 0.15) is 56.0 Å². The molecule has 0 spiro atoms. The van der Waals surface area contributed by atoms with Gasteiger partial charge in [-0.25, -0.2) is 4.98 Å². The number of nitrogens with zero attached hydrogens (tertiary/aromatic N) is 2. The van der Waals surface area contributed by atoms with Gasteiger partial charge in [0, 0.05) is 19.5 Å². The maximum Gasteiger partial charge on any atom is 0.243 e. The van der Waals surface area contributed by atoms with Crippen LogP contribution in [-0.4, -0.2) is 28.6 Å².